The molecule has 2 N–H and O–H groups in total. The highest BCUT2D eigenvalue weighted by atomic mass is 16.5. The van der Waals surface area contributed by atoms with Gasteiger partial charge in [0.25, 0.3) is 0 Å². The average molecular weight is 238 g/mol. The van der Waals surface area contributed by atoms with Crippen LogP contribution in [-0.4, -0.2) is 24.7 Å². The van der Waals surface area contributed by atoms with Crippen LogP contribution in [0.15, 0.2) is 18.3 Å². The third kappa shape index (κ3) is 4.03. The fraction of sp³-hybridized carbons (Fsp3) is 0.500. The van der Waals surface area contributed by atoms with E-state index in [1.165, 1.54) is 7.11 Å². The lowest BCUT2D eigenvalue weighted by molar-refractivity contribution is -0.142. The molecule has 1 atom stereocenters. The van der Waals surface area contributed by atoms with Gasteiger partial charge in [-0.3, -0.25) is 4.98 Å². The molecule has 0 aliphatic carbocycles. The summed E-state index contributed by atoms with van der Waals surface area (Å²) in [7, 11) is 1.30. The number of unbranched alkanes of at least 4 members (excludes halogenated alkanes) is 1. The Morgan fingerprint density at radius 3 is 2.82 bits per heavy atom. The highest BCUT2D eigenvalue weighted by Crippen LogP contribution is 2.14. The number of nitrogens with zero attached hydrogens (tertiary/aromatic N) is 1. The van der Waals surface area contributed by atoms with Crippen LogP contribution >= 0.6 is 0 Å². The summed E-state index contributed by atoms with van der Waals surface area (Å²) in [6, 6.07) is 2.58. The Morgan fingerprint density at radius 1 is 1.53 bits per heavy atom. The number of hydrogen-bond acceptors (Lipinski definition) is 5. The minimum Gasteiger partial charge on any atom is -0.492 e. The highest BCUT2D eigenvalue weighted by molar-refractivity contribution is 5.76. The van der Waals surface area contributed by atoms with E-state index in [4.69, 9.17) is 10.5 Å². The molecule has 0 saturated heterocycles. The molecular formula is C12H18N2O3. The standard InChI is InChI=1S/C12H18N2O3/c1-3-4-7-17-9-5-6-10(14-8-9)11(13)12(15)16-2/h5-6,8,11H,3-4,7,13H2,1-2H3. The van der Waals surface area contributed by atoms with Crippen molar-refractivity contribution in [2.45, 2.75) is 25.8 Å². The summed E-state index contributed by atoms with van der Waals surface area (Å²) in [6.45, 7) is 2.76. The lowest BCUT2D eigenvalue weighted by Crippen LogP contribution is -2.23. The van der Waals surface area contributed by atoms with Crippen LogP contribution in [-0.2, 0) is 9.53 Å². The Kier molecular flexibility index (Phi) is 5.42. The third-order valence-corrected chi connectivity index (χ3v) is 2.30. The number of hydrogen-bond donors (Lipinski definition) is 1. The van der Waals surface area contributed by atoms with Crippen molar-refractivity contribution in [3.05, 3.63) is 24.0 Å². The van der Waals surface area contributed by atoms with E-state index in [0.29, 0.717) is 18.1 Å². The third-order valence-electron chi connectivity index (χ3n) is 2.30. The molecule has 0 aliphatic rings. The second-order valence-corrected chi connectivity index (χ2v) is 3.62. The summed E-state index contributed by atoms with van der Waals surface area (Å²) in [5, 5.41) is 0. The molecule has 1 unspecified atom stereocenters. The maximum atomic E-state index is 11.2. The molecular weight excluding hydrogens is 220 g/mol. The summed E-state index contributed by atoms with van der Waals surface area (Å²) in [5.74, 6) is 0.177. The van der Waals surface area contributed by atoms with Crippen molar-refractivity contribution >= 4 is 5.97 Å². The van der Waals surface area contributed by atoms with Crippen LogP contribution in [0.2, 0.25) is 0 Å². The molecule has 0 fully saturated rings. The van der Waals surface area contributed by atoms with Crippen molar-refractivity contribution in [1.82, 2.24) is 4.98 Å². The van der Waals surface area contributed by atoms with Gasteiger partial charge in [0.2, 0.25) is 0 Å². The molecule has 0 amide bonds. The number of aromatic nitrogens is 1. The zero-order chi connectivity index (χ0) is 12.7. The summed E-state index contributed by atoms with van der Waals surface area (Å²) >= 11 is 0. The topological polar surface area (TPSA) is 74.4 Å². The predicted octanol–water partition coefficient (Wildman–Crippen LogP) is 1.43. The highest BCUT2D eigenvalue weighted by Gasteiger charge is 2.17. The number of methoxy groups -OCH3 is 1. The van der Waals surface area contributed by atoms with Gasteiger partial charge in [-0.25, -0.2) is 4.79 Å². The van der Waals surface area contributed by atoms with E-state index in [1.807, 2.05) is 0 Å². The monoisotopic (exact) mass is 238 g/mol. The normalized spacial score (nSPS) is 11.9. The van der Waals surface area contributed by atoms with Gasteiger partial charge in [-0.05, 0) is 18.6 Å². The molecule has 5 nitrogen and oxygen atoms in total. The van der Waals surface area contributed by atoms with E-state index < -0.39 is 12.0 Å². The van der Waals surface area contributed by atoms with Crippen molar-refractivity contribution in [2.75, 3.05) is 13.7 Å². The summed E-state index contributed by atoms with van der Waals surface area (Å²) in [4.78, 5) is 15.3. The van der Waals surface area contributed by atoms with Crippen molar-refractivity contribution in [2.24, 2.45) is 5.73 Å². The number of carbonyl (C=O) groups is 1. The second-order valence-electron chi connectivity index (χ2n) is 3.62. The van der Waals surface area contributed by atoms with Gasteiger partial charge in [-0.2, -0.15) is 0 Å². The summed E-state index contributed by atoms with van der Waals surface area (Å²) in [6.07, 6.45) is 3.65. The van der Waals surface area contributed by atoms with Gasteiger partial charge in [0.15, 0.2) is 0 Å². The van der Waals surface area contributed by atoms with E-state index in [9.17, 15) is 4.79 Å². The molecule has 0 aliphatic heterocycles. The van der Waals surface area contributed by atoms with Gasteiger partial charge >= 0.3 is 5.97 Å². The van der Waals surface area contributed by atoms with Gasteiger partial charge in [0.1, 0.15) is 11.8 Å². The van der Waals surface area contributed by atoms with E-state index in [0.717, 1.165) is 12.8 Å². The maximum absolute atomic E-state index is 11.2. The van der Waals surface area contributed by atoms with E-state index >= 15 is 0 Å². The zero-order valence-electron chi connectivity index (χ0n) is 10.2. The fourth-order valence-electron chi connectivity index (χ4n) is 1.24. The number of esters is 1. The molecule has 1 rings (SSSR count). The second kappa shape index (κ2) is 6.85. The first-order valence-electron chi connectivity index (χ1n) is 5.61. The Labute approximate surface area is 101 Å². The first-order valence-corrected chi connectivity index (χ1v) is 5.61. The molecule has 0 saturated carbocycles. The quantitative estimate of drug-likeness (QED) is 0.599. The minimum atomic E-state index is -0.843. The van der Waals surface area contributed by atoms with Crippen LogP contribution < -0.4 is 10.5 Å². The summed E-state index contributed by atoms with van der Waals surface area (Å²) < 4.78 is 9.99. The number of nitrogens with two attached hydrogens (primary N) is 1. The molecule has 17 heavy (non-hydrogen) atoms. The van der Waals surface area contributed by atoms with Gasteiger partial charge < -0.3 is 15.2 Å². The number of ether oxygens (including phenoxy) is 2. The SMILES string of the molecule is CCCCOc1ccc(C(N)C(=O)OC)nc1. The molecule has 1 aromatic rings. The smallest absolute Gasteiger partial charge is 0.328 e. The van der Waals surface area contributed by atoms with Crippen molar-refractivity contribution in [3.63, 3.8) is 0 Å². The number of carbonyl (C=O) groups excluding carboxylic acids is 1. The van der Waals surface area contributed by atoms with Crippen LogP contribution in [0.1, 0.15) is 31.5 Å². The van der Waals surface area contributed by atoms with Crippen molar-refractivity contribution in [1.29, 1.82) is 0 Å². The van der Waals surface area contributed by atoms with Crippen molar-refractivity contribution < 1.29 is 14.3 Å². The van der Waals surface area contributed by atoms with E-state index in [-0.39, 0.29) is 0 Å². The zero-order valence-corrected chi connectivity index (χ0v) is 10.2. The van der Waals surface area contributed by atoms with Gasteiger partial charge in [-0.15, -0.1) is 0 Å². The van der Waals surface area contributed by atoms with Crippen LogP contribution in [0, 0.1) is 0 Å². The Hall–Kier alpha value is -1.62. The molecule has 0 bridgehead atoms. The molecule has 0 radical (unpaired) electrons. The molecule has 5 heteroatoms. The average Bonchev–Trinajstić information content (AvgIpc) is 2.38. The molecule has 94 valence electrons. The van der Waals surface area contributed by atoms with E-state index in [2.05, 4.69) is 16.6 Å². The van der Waals surface area contributed by atoms with Crippen LogP contribution in [0.3, 0.4) is 0 Å². The Balaban J connectivity index is 2.58. The minimum absolute atomic E-state index is 0.472. The molecule has 0 spiro atoms. The first kappa shape index (κ1) is 13.4. The number of pyridine rings is 1. The largest absolute Gasteiger partial charge is 0.492 e. The Morgan fingerprint density at radius 2 is 2.29 bits per heavy atom. The fourth-order valence-corrected chi connectivity index (χ4v) is 1.24. The van der Waals surface area contributed by atoms with Crippen molar-refractivity contribution in [3.8, 4) is 5.75 Å². The maximum Gasteiger partial charge on any atom is 0.328 e. The molecule has 1 aromatic heterocycles. The number of rotatable bonds is 6. The van der Waals surface area contributed by atoms with Crippen LogP contribution in [0.5, 0.6) is 5.75 Å². The summed E-state index contributed by atoms with van der Waals surface area (Å²) in [5.41, 5.74) is 6.11. The first-order chi connectivity index (χ1) is 8.19. The predicted molar refractivity (Wildman–Crippen MR) is 63.6 cm³/mol. The van der Waals surface area contributed by atoms with Gasteiger partial charge in [-0.1, -0.05) is 13.3 Å². The lowest BCUT2D eigenvalue weighted by atomic mass is 10.2. The van der Waals surface area contributed by atoms with Crippen LogP contribution in [0.25, 0.3) is 0 Å². The molecule has 0 aromatic carbocycles. The van der Waals surface area contributed by atoms with Gasteiger partial charge in [0.05, 0.1) is 25.6 Å². The molecule has 1 heterocycles. The van der Waals surface area contributed by atoms with Crippen LogP contribution in [0.4, 0.5) is 0 Å². The van der Waals surface area contributed by atoms with E-state index in [1.54, 1.807) is 18.3 Å². The Bertz CT molecular complexity index is 351. The lowest BCUT2D eigenvalue weighted by Gasteiger charge is -2.09. The van der Waals surface area contributed by atoms with Gasteiger partial charge in [0, 0.05) is 0 Å².